The van der Waals surface area contributed by atoms with Gasteiger partial charge in [0.1, 0.15) is 23.6 Å². The maximum absolute atomic E-state index is 13.8. The number of halogens is 2. The van der Waals surface area contributed by atoms with E-state index in [0.29, 0.717) is 6.42 Å². The Bertz CT molecular complexity index is 1170. The molecular weight excluding hydrogens is 438 g/mol. The number of aryl methyl sites for hydroxylation is 2. The first kappa shape index (κ1) is 22.3. The third-order valence-electron chi connectivity index (χ3n) is 6.69. The lowest BCUT2D eigenvalue weighted by molar-refractivity contribution is -0.121. The van der Waals surface area contributed by atoms with Crippen LogP contribution < -0.4 is 16.2 Å². The van der Waals surface area contributed by atoms with Gasteiger partial charge in [0.15, 0.2) is 0 Å². The molecule has 3 aliphatic heterocycles. The number of hydrazine groups is 1. The third-order valence-corrected chi connectivity index (χ3v) is 6.69. The van der Waals surface area contributed by atoms with Crippen LogP contribution in [-0.4, -0.2) is 33.9 Å². The number of fused-ring (bicyclic) bond motifs is 3. The van der Waals surface area contributed by atoms with Crippen LogP contribution in [0.15, 0.2) is 53.9 Å². The molecule has 7 nitrogen and oxygen atoms in total. The maximum atomic E-state index is 13.8. The molecule has 5 rings (SSSR count). The summed E-state index contributed by atoms with van der Waals surface area (Å²) in [5, 5.41) is 9.33. The Morgan fingerprint density at radius 1 is 1.18 bits per heavy atom. The van der Waals surface area contributed by atoms with Gasteiger partial charge in [-0.15, -0.1) is 0 Å². The van der Waals surface area contributed by atoms with Crippen LogP contribution in [0.4, 0.5) is 8.78 Å². The first-order valence-electron chi connectivity index (χ1n) is 11.5. The van der Waals surface area contributed by atoms with Gasteiger partial charge in [-0.3, -0.25) is 10.2 Å². The molecule has 178 valence electrons. The lowest BCUT2D eigenvalue weighted by atomic mass is 9.95. The van der Waals surface area contributed by atoms with Crippen molar-refractivity contribution in [2.24, 2.45) is 5.10 Å². The van der Waals surface area contributed by atoms with Crippen molar-refractivity contribution in [3.63, 3.8) is 0 Å². The number of benzene rings is 2. The molecule has 3 aliphatic rings. The molecule has 0 aliphatic carbocycles. The van der Waals surface area contributed by atoms with Gasteiger partial charge in [0.25, 0.3) is 0 Å². The molecule has 3 unspecified atom stereocenters. The van der Waals surface area contributed by atoms with Crippen LogP contribution in [0.25, 0.3) is 0 Å². The van der Waals surface area contributed by atoms with Gasteiger partial charge in [0.2, 0.25) is 5.91 Å². The van der Waals surface area contributed by atoms with E-state index in [0.717, 1.165) is 18.3 Å². The fraction of sp³-hybridized carbons (Fsp3) is 0.360. The van der Waals surface area contributed by atoms with E-state index in [-0.39, 0.29) is 42.7 Å². The minimum atomic E-state index is -0.667. The fourth-order valence-electron chi connectivity index (χ4n) is 4.82. The number of carbonyl (C=O) groups excluding carboxylic acids is 1. The molecule has 0 aromatic heterocycles. The molecule has 0 spiro atoms. The van der Waals surface area contributed by atoms with Gasteiger partial charge in [0, 0.05) is 43.4 Å². The molecule has 1 amide bonds. The van der Waals surface area contributed by atoms with Crippen molar-refractivity contribution in [3.05, 3.63) is 82.7 Å². The highest BCUT2D eigenvalue weighted by Gasteiger charge is 2.44. The number of nitrogens with zero attached hydrogens (tertiary/aromatic N) is 3. The first-order chi connectivity index (χ1) is 16.4. The van der Waals surface area contributed by atoms with Crippen molar-refractivity contribution < 1.29 is 13.6 Å². The molecule has 9 heteroatoms. The molecule has 1 fully saturated rings. The Labute approximate surface area is 197 Å². The van der Waals surface area contributed by atoms with Crippen LogP contribution in [0, 0.1) is 25.5 Å². The van der Waals surface area contributed by atoms with Gasteiger partial charge in [-0.25, -0.2) is 14.2 Å². The smallest absolute Gasteiger partial charge is 0.220 e. The number of amidine groups is 1. The van der Waals surface area contributed by atoms with Crippen LogP contribution in [0.5, 0.6) is 0 Å². The fourth-order valence-corrected chi connectivity index (χ4v) is 4.82. The van der Waals surface area contributed by atoms with Crippen molar-refractivity contribution in [3.8, 4) is 0 Å². The molecule has 3 heterocycles. The van der Waals surface area contributed by atoms with E-state index in [4.69, 9.17) is 0 Å². The monoisotopic (exact) mass is 466 g/mol. The second-order valence-corrected chi connectivity index (χ2v) is 9.07. The number of hydrogen-bond acceptors (Lipinski definition) is 6. The molecule has 1 saturated heterocycles. The third kappa shape index (κ3) is 4.35. The number of hydrazone groups is 1. The normalized spacial score (nSPS) is 22.8. The SMILES string of the molecule is Cc1ccc(C)c(C2CC3C4NN=C(CCC(=O)NCc5ccc(F)cc5F)N4C=CN3N2)c1. The molecule has 34 heavy (non-hydrogen) atoms. The van der Waals surface area contributed by atoms with E-state index >= 15 is 0 Å². The van der Waals surface area contributed by atoms with Gasteiger partial charge < -0.3 is 15.2 Å². The van der Waals surface area contributed by atoms with Gasteiger partial charge in [0.05, 0.1) is 12.1 Å². The highest BCUT2D eigenvalue weighted by Crippen LogP contribution is 2.35. The summed E-state index contributed by atoms with van der Waals surface area (Å²) in [5.74, 6) is -0.728. The number of carbonyl (C=O) groups is 1. The van der Waals surface area contributed by atoms with Gasteiger partial charge in [-0.1, -0.05) is 29.8 Å². The molecule has 0 saturated carbocycles. The van der Waals surface area contributed by atoms with E-state index in [1.165, 1.54) is 28.8 Å². The van der Waals surface area contributed by atoms with E-state index in [2.05, 4.69) is 63.2 Å². The van der Waals surface area contributed by atoms with Crippen molar-refractivity contribution in [1.82, 2.24) is 26.1 Å². The quantitative estimate of drug-likeness (QED) is 0.609. The summed E-state index contributed by atoms with van der Waals surface area (Å²) in [5.41, 5.74) is 10.9. The lowest BCUT2D eigenvalue weighted by Crippen LogP contribution is -2.54. The van der Waals surface area contributed by atoms with E-state index < -0.39 is 11.6 Å². The molecule has 2 aromatic carbocycles. The summed E-state index contributed by atoms with van der Waals surface area (Å²) in [4.78, 5) is 14.4. The van der Waals surface area contributed by atoms with Gasteiger partial charge in [-0.2, -0.15) is 5.10 Å². The van der Waals surface area contributed by atoms with Crippen LogP contribution in [0.1, 0.15) is 47.6 Å². The summed E-state index contributed by atoms with van der Waals surface area (Å²) in [6, 6.07) is 10.3. The average molecular weight is 467 g/mol. The van der Waals surface area contributed by atoms with Crippen LogP contribution in [0.2, 0.25) is 0 Å². The summed E-state index contributed by atoms with van der Waals surface area (Å²) < 4.78 is 26.8. The Balaban J connectivity index is 1.16. The molecule has 3 atom stereocenters. The predicted octanol–water partition coefficient (Wildman–Crippen LogP) is 3.33. The second kappa shape index (κ2) is 9.06. The van der Waals surface area contributed by atoms with Crippen molar-refractivity contribution >= 4 is 11.7 Å². The maximum Gasteiger partial charge on any atom is 0.220 e. The average Bonchev–Trinajstić information content (AvgIpc) is 3.42. The Kier molecular flexibility index (Phi) is 5.95. The standard InChI is InChI=1S/C25H28F2N6O/c1-15-3-4-16(2)19(11-15)21-13-22-25-30-29-23(32(25)9-10-33(22)31-21)7-8-24(34)28-14-17-5-6-18(26)12-20(17)27/h3-6,9-12,21-22,25,30-31H,7-8,13-14H2,1-2H3,(H,28,34). The molecule has 3 N–H and O–H groups in total. The zero-order chi connectivity index (χ0) is 23.8. The topological polar surface area (TPSA) is 72.0 Å². The molecular formula is C25H28F2N6O. The predicted molar refractivity (Wildman–Crippen MR) is 125 cm³/mol. The summed E-state index contributed by atoms with van der Waals surface area (Å²) in [6.07, 6.45) is 5.58. The summed E-state index contributed by atoms with van der Waals surface area (Å²) in [7, 11) is 0. The molecule has 0 bridgehead atoms. The zero-order valence-electron chi connectivity index (χ0n) is 19.2. The Hall–Kier alpha value is -3.46. The summed E-state index contributed by atoms with van der Waals surface area (Å²) >= 11 is 0. The Morgan fingerprint density at radius 2 is 2.03 bits per heavy atom. The largest absolute Gasteiger partial charge is 0.352 e. The second-order valence-electron chi connectivity index (χ2n) is 9.07. The van der Waals surface area contributed by atoms with Crippen LogP contribution in [0.3, 0.4) is 0 Å². The Morgan fingerprint density at radius 3 is 2.85 bits per heavy atom. The highest BCUT2D eigenvalue weighted by atomic mass is 19.1. The summed E-state index contributed by atoms with van der Waals surface area (Å²) in [6.45, 7) is 4.27. The minimum absolute atomic E-state index is 0.0148. The zero-order valence-corrected chi connectivity index (χ0v) is 19.2. The number of hydrogen-bond donors (Lipinski definition) is 3. The highest BCUT2D eigenvalue weighted by molar-refractivity contribution is 5.89. The van der Waals surface area contributed by atoms with Crippen molar-refractivity contribution in [1.29, 1.82) is 0 Å². The lowest BCUT2D eigenvalue weighted by Gasteiger charge is -2.37. The minimum Gasteiger partial charge on any atom is -0.352 e. The van der Waals surface area contributed by atoms with Crippen molar-refractivity contribution in [2.45, 2.75) is 57.9 Å². The van der Waals surface area contributed by atoms with Crippen LogP contribution in [-0.2, 0) is 11.3 Å². The molecule has 0 radical (unpaired) electrons. The van der Waals surface area contributed by atoms with E-state index in [1.807, 2.05) is 12.4 Å². The van der Waals surface area contributed by atoms with E-state index in [9.17, 15) is 13.6 Å². The number of rotatable bonds is 6. The van der Waals surface area contributed by atoms with Crippen LogP contribution >= 0.6 is 0 Å². The molecule has 2 aromatic rings. The first-order valence-corrected chi connectivity index (χ1v) is 11.5. The van der Waals surface area contributed by atoms with Crippen molar-refractivity contribution in [2.75, 3.05) is 0 Å². The number of amides is 1. The van der Waals surface area contributed by atoms with Gasteiger partial charge in [-0.05, 0) is 37.5 Å². The number of nitrogens with one attached hydrogen (secondary N) is 3. The van der Waals surface area contributed by atoms with E-state index in [1.54, 1.807) is 0 Å². The van der Waals surface area contributed by atoms with Gasteiger partial charge >= 0.3 is 0 Å².